The van der Waals surface area contributed by atoms with Gasteiger partial charge in [-0.3, -0.25) is 4.90 Å². The Morgan fingerprint density at radius 1 is 1.22 bits per heavy atom. The second kappa shape index (κ2) is 6.88. The van der Waals surface area contributed by atoms with Crippen molar-refractivity contribution in [3.63, 3.8) is 0 Å². The predicted octanol–water partition coefficient (Wildman–Crippen LogP) is 2.25. The van der Waals surface area contributed by atoms with E-state index in [-0.39, 0.29) is 0 Å². The number of nitrogens with zero attached hydrogens (tertiary/aromatic N) is 1. The van der Waals surface area contributed by atoms with Gasteiger partial charge in [-0.15, -0.1) is 0 Å². The molecule has 3 nitrogen and oxygen atoms in total. The van der Waals surface area contributed by atoms with Gasteiger partial charge in [0.25, 0.3) is 0 Å². The monoisotopic (exact) mass is 254 g/mol. The Morgan fingerprint density at radius 3 is 2.56 bits per heavy atom. The highest BCUT2D eigenvalue weighted by Crippen LogP contribution is 2.33. The molecule has 0 bridgehead atoms. The van der Waals surface area contributed by atoms with Crippen molar-refractivity contribution in [3.8, 4) is 0 Å². The Balaban J connectivity index is 1.91. The van der Waals surface area contributed by atoms with Crippen LogP contribution < -0.4 is 5.73 Å². The van der Waals surface area contributed by atoms with Gasteiger partial charge in [-0.2, -0.15) is 0 Å². The van der Waals surface area contributed by atoms with Gasteiger partial charge in [-0.05, 0) is 44.1 Å². The van der Waals surface area contributed by atoms with E-state index in [0.29, 0.717) is 12.1 Å². The largest absolute Gasteiger partial charge is 0.380 e. The van der Waals surface area contributed by atoms with Gasteiger partial charge >= 0.3 is 0 Å². The maximum absolute atomic E-state index is 6.07. The average Bonchev–Trinajstić information content (AvgIpc) is 2.42. The first kappa shape index (κ1) is 14.3. The van der Waals surface area contributed by atoms with Gasteiger partial charge in [-0.25, -0.2) is 0 Å². The highest BCUT2D eigenvalue weighted by Gasteiger charge is 2.32. The molecule has 2 rings (SSSR count). The van der Waals surface area contributed by atoms with Crippen LogP contribution in [0.5, 0.6) is 0 Å². The number of hydrogen-bond acceptors (Lipinski definition) is 3. The standard InChI is InChI=1S/C15H30N2O/c1-12-5-7-13(8-6-12)15(10-16)17-9-3-4-14(11-17)18-2/h12-15H,3-11,16H2,1-2H3. The van der Waals surface area contributed by atoms with Gasteiger partial charge in [0.05, 0.1) is 6.10 Å². The molecule has 1 aliphatic carbocycles. The number of ether oxygens (including phenoxy) is 1. The molecular formula is C15H30N2O. The van der Waals surface area contributed by atoms with E-state index in [4.69, 9.17) is 10.5 Å². The number of nitrogens with two attached hydrogens (primary N) is 1. The van der Waals surface area contributed by atoms with Crippen molar-refractivity contribution in [2.75, 3.05) is 26.7 Å². The smallest absolute Gasteiger partial charge is 0.0698 e. The summed E-state index contributed by atoms with van der Waals surface area (Å²) in [6.45, 7) is 5.50. The maximum Gasteiger partial charge on any atom is 0.0698 e. The van der Waals surface area contributed by atoms with Crippen LogP contribution in [-0.4, -0.2) is 43.8 Å². The number of methoxy groups -OCH3 is 1. The molecule has 2 atom stereocenters. The molecule has 0 amide bonds. The fourth-order valence-corrected chi connectivity index (χ4v) is 3.77. The first-order valence-electron chi connectivity index (χ1n) is 7.71. The molecule has 0 radical (unpaired) electrons. The average molecular weight is 254 g/mol. The third-order valence-electron chi connectivity index (χ3n) is 5.06. The van der Waals surface area contributed by atoms with Gasteiger partial charge in [0.2, 0.25) is 0 Å². The van der Waals surface area contributed by atoms with Crippen LogP contribution in [-0.2, 0) is 4.74 Å². The van der Waals surface area contributed by atoms with Gasteiger partial charge in [0.15, 0.2) is 0 Å². The van der Waals surface area contributed by atoms with Crippen LogP contribution in [0.2, 0.25) is 0 Å². The summed E-state index contributed by atoms with van der Waals surface area (Å²) in [7, 11) is 1.84. The first-order valence-corrected chi connectivity index (χ1v) is 7.71. The highest BCUT2D eigenvalue weighted by atomic mass is 16.5. The van der Waals surface area contributed by atoms with Crippen LogP contribution in [0.1, 0.15) is 45.4 Å². The molecule has 3 heteroatoms. The molecule has 1 aliphatic heterocycles. The number of likely N-dealkylation sites (tertiary alicyclic amines) is 1. The second-order valence-electron chi connectivity index (χ2n) is 6.32. The zero-order valence-corrected chi connectivity index (χ0v) is 12.1. The van der Waals surface area contributed by atoms with Crippen molar-refractivity contribution in [2.24, 2.45) is 17.6 Å². The van der Waals surface area contributed by atoms with Crippen molar-refractivity contribution in [1.29, 1.82) is 0 Å². The van der Waals surface area contributed by atoms with Crippen molar-refractivity contribution >= 4 is 0 Å². The quantitative estimate of drug-likeness (QED) is 0.836. The van der Waals surface area contributed by atoms with Crippen LogP contribution in [0.15, 0.2) is 0 Å². The normalized spacial score (nSPS) is 36.5. The lowest BCUT2D eigenvalue weighted by Gasteiger charge is -2.42. The van der Waals surface area contributed by atoms with Crippen LogP contribution in [0.4, 0.5) is 0 Å². The first-order chi connectivity index (χ1) is 8.74. The fourth-order valence-electron chi connectivity index (χ4n) is 3.77. The zero-order chi connectivity index (χ0) is 13.0. The summed E-state index contributed by atoms with van der Waals surface area (Å²) >= 11 is 0. The number of piperidine rings is 1. The van der Waals surface area contributed by atoms with Crippen LogP contribution in [0.25, 0.3) is 0 Å². The van der Waals surface area contributed by atoms with E-state index in [1.165, 1.54) is 45.1 Å². The minimum atomic E-state index is 0.426. The van der Waals surface area contributed by atoms with E-state index >= 15 is 0 Å². The Kier molecular flexibility index (Phi) is 5.46. The molecule has 1 saturated carbocycles. The third kappa shape index (κ3) is 3.46. The van der Waals surface area contributed by atoms with Gasteiger partial charge < -0.3 is 10.5 Å². The molecule has 0 spiro atoms. The molecule has 0 aromatic rings. The van der Waals surface area contributed by atoms with E-state index < -0.39 is 0 Å². The van der Waals surface area contributed by atoms with Gasteiger partial charge in [0, 0.05) is 26.2 Å². The second-order valence-corrected chi connectivity index (χ2v) is 6.32. The maximum atomic E-state index is 6.07. The SMILES string of the molecule is COC1CCCN(C(CN)C2CCC(C)CC2)C1. The predicted molar refractivity (Wildman–Crippen MR) is 75.6 cm³/mol. The Bertz CT molecular complexity index is 239. The summed E-state index contributed by atoms with van der Waals surface area (Å²) in [5, 5.41) is 0. The Morgan fingerprint density at radius 2 is 1.94 bits per heavy atom. The molecule has 0 aromatic carbocycles. The molecule has 2 N–H and O–H groups in total. The lowest BCUT2D eigenvalue weighted by Crippen LogP contribution is -2.52. The van der Waals surface area contributed by atoms with Crippen molar-refractivity contribution < 1.29 is 4.74 Å². The summed E-state index contributed by atoms with van der Waals surface area (Å²) in [4.78, 5) is 2.61. The summed E-state index contributed by atoms with van der Waals surface area (Å²) in [5.41, 5.74) is 6.07. The Hall–Kier alpha value is -0.120. The molecule has 2 fully saturated rings. The number of hydrogen-bond donors (Lipinski definition) is 1. The van der Waals surface area contributed by atoms with Crippen molar-refractivity contribution in [1.82, 2.24) is 4.90 Å². The molecular weight excluding hydrogens is 224 g/mol. The van der Waals surface area contributed by atoms with E-state index in [9.17, 15) is 0 Å². The summed E-state index contributed by atoms with van der Waals surface area (Å²) in [6.07, 6.45) is 8.43. The molecule has 1 heterocycles. The fraction of sp³-hybridized carbons (Fsp3) is 1.00. The zero-order valence-electron chi connectivity index (χ0n) is 12.1. The number of rotatable bonds is 4. The Labute approximate surface area is 112 Å². The third-order valence-corrected chi connectivity index (χ3v) is 5.06. The van der Waals surface area contributed by atoms with Crippen LogP contribution in [0, 0.1) is 11.8 Å². The molecule has 2 unspecified atom stereocenters. The lowest BCUT2D eigenvalue weighted by atomic mass is 9.78. The van der Waals surface area contributed by atoms with E-state index in [1.54, 1.807) is 0 Å². The highest BCUT2D eigenvalue weighted by molar-refractivity contribution is 4.87. The minimum Gasteiger partial charge on any atom is -0.380 e. The topological polar surface area (TPSA) is 38.5 Å². The molecule has 106 valence electrons. The van der Waals surface area contributed by atoms with Gasteiger partial charge in [-0.1, -0.05) is 19.8 Å². The van der Waals surface area contributed by atoms with Crippen molar-refractivity contribution in [3.05, 3.63) is 0 Å². The van der Waals surface area contributed by atoms with E-state index in [2.05, 4.69) is 11.8 Å². The molecule has 18 heavy (non-hydrogen) atoms. The summed E-state index contributed by atoms with van der Waals surface area (Å²) < 4.78 is 5.54. The molecule has 2 aliphatic rings. The summed E-state index contributed by atoms with van der Waals surface area (Å²) in [5.74, 6) is 1.74. The van der Waals surface area contributed by atoms with Crippen LogP contribution >= 0.6 is 0 Å². The molecule has 1 saturated heterocycles. The minimum absolute atomic E-state index is 0.426. The van der Waals surface area contributed by atoms with Gasteiger partial charge in [0.1, 0.15) is 0 Å². The lowest BCUT2D eigenvalue weighted by molar-refractivity contribution is -0.000936. The van der Waals surface area contributed by atoms with E-state index in [1.807, 2.05) is 7.11 Å². The van der Waals surface area contributed by atoms with E-state index in [0.717, 1.165) is 24.9 Å². The molecule has 0 aromatic heterocycles. The van der Waals surface area contributed by atoms with Crippen molar-refractivity contribution in [2.45, 2.75) is 57.6 Å². The van der Waals surface area contributed by atoms with Crippen LogP contribution in [0.3, 0.4) is 0 Å². The summed E-state index contributed by atoms with van der Waals surface area (Å²) in [6, 6.07) is 0.593.